The molecule has 0 fully saturated rings. The Bertz CT molecular complexity index is 1110. The van der Waals surface area contributed by atoms with Crippen LogP contribution in [0.5, 0.6) is 5.75 Å². The van der Waals surface area contributed by atoms with E-state index < -0.39 is 0 Å². The van der Waals surface area contributed by atoms with E-state index in [0.717, 1.165) is 18.5 Å². The van der Waals surface area contributed by atoms with E-state index in [4.69, 9.17) is 0 Å². The minimum atomic E-state index is -0.255. The van der Waals surface area contributed by atoms with Crippen LogP contribution in [-0.2, 0) is 12.8 Å². The minimum absolute atomic E-state index is 0.189. The number of phenols is 1. The molecule has 0 aliphatic rings. The first-order chi connectivity index (χ1) is 26.1. The van der Waals surface area contributed by atoms with Gasteiger partial charge in [0.1, 0.15) is 5.75 Å². The summed E-state index contributed by atoms with van der Waals surface area (Å²) in [6, 6.07) is 12.9. The molecule has 0 aliphatic carbocycles. The van der Waals surface area contributed by atoms with Crippen LogP contribution in [0.2, 0.25) is 0 Å². The molecule has 4 heteroatoms. The number of hydrogen-bond donors (Lipinski definition) is 3. The molecule has 0 spiro atoms. The van der Waals surface area contributed by atoms with E-state index in [9.17, 15) is 9.90 Å². The third-order valence-corrected chi connectivity index (χ3v) is 11.2. The average molecular weight is 733 g/mol. The fraction of sp³-hybridized carbons (Fsp3) is 0.735. The van der Waals surface area contributed by atoms with E-state index in [2.05, 4.69) is 42.7 Å². The highest BCUT2D eigenvalue weighted by Gasteiger charge is 2.09. The standard InChI is InChI=1S/C49H84N2O2/c1-3-5-7-9-11-13-15-17-19-21-23-25-27-29-31-33-35-44-37-38-47(51-49(53)50-46-39-41-48(52)42-40-46)43-45(44)36-34-32-30-28-26-24-22-20-18-16-14-12-10-8-6-4-2/h37-43,52H,3-36H2,1-2H3,(H2,50,51,53). The zero-order valence-corrected chi connectivity index (χ0v) is 34.9. The van der Waals surface area contributed by atoms with Crippen molar-refractivity contribution in [1.82, 2.24) is 0 Å². The molecule has 2 amide bonds. The van der Waals surface area contributed by atoms with Crippen LogP contribution in [0.1, 0.15) is 230 Å². The molecule has 0 unspecified atom stereocenters. The molecule has 302 valence electrons. The van der Waals surface area contributed by atoms with Gasteiger partial charge in [0.2, 0.25) is 0 Å². The van der Waals surface area contributed by atoms with Crippen molar-refractivity contribution >= 4 is 17.4 Å². The number of unbranched alkanes of at least 4 members (excludes halogenated alkanes) is 30. The van der Waals surface area contributed by atoms with E-state index in [1.807, 2.05) is 0 Å². The normalized spacial score (nSPS) is 11.3. The predicted molar refractivity (Wildman–Crippen MR) is 234 cm³/mol. The van der Waals surface area contributed by atoms with Gasteiger partial charge in [0.25, 0.3) is 0 Å². The second-order valence-electron chi connectivity index (χ2n) is 16.2. The highest BCUT2D eigenvalue weighted by Crippen LogP contribution is 2.23. The topological polar surface area (TPSA) is 61.4 Å². The summed E-state index contributed by atoms with van der Waals surface area (Å²) in [5.74, 6) is 0.189. The van der Waals surface area contributed by atoms with Crippen molar-refractivity contribution in [3.8, 4) is 5.75 Å². The molecular formula is C49H84N2O2. The van der Waals surface area contributed by atoms with Crippen LogP contribution in [-0.4, -0.2) is 11.1 Å². The van der Waals surface area contributed by atoms with Crippen LogP contribution < -0.4 is 10.6 Å². The lowest BCUT2D eigenvalue weighted by molar-refractivity contribution is 0.262. The van der Waals surface area contributed by atoms with E-state index in [1.165, 1.54) is 217 Å². The fourth-order valence-electron chi connectivity index (χ4n) is 7.75. The number of rotatable bonds is 36. The number of phenolic OH excluding ortho intramolecular Hbond substituents is 1. The largest absolute Gasteiger partial charge is 0.508 e. The summed E-state index contributed by atoms with van der Waals surface area (Å²) in [5.41, 5.74) is 4.37. The van der Waals surface area contributed by atoms with Gasteiger partial charge in [-0.3, -0.25) is 0 Å². The van der Waals surface area contributed by atoms with Gasteiger partial charge in [0, 0.05) is 11.4 Å². The average Bonchev–Trinajstić information content (AvgIpc) is 3.16. The van der Waals surface area contributed by atoms with Gasteiger partial charge in [-0.15, -0.1) is 0 Å². The smallest absolute Gasteiger partial charge is 0.323 e. The zero-order chi connectivity index (χ0) is 37.9. The third kappa shape index (κ3) is 26.9. The lowest BCUT2D eigenvalue weighted by Gasteiger charge is -2.14. The number of hydrogen-bond acceptors (Lipinski definition) is 2. The quantitative estimate of drug-likeness (QED) is 0.0482. The van der Waals surface area contributed by atoms with E-state index >= 15 is 0 Å². The number of amides is 2. The van der Waals surface area contributed by atoms with Crippen LogP contribution in [0.4, 0.5) is 16.2 Å². The Labute approximate surface area is 328 Å². The molecule has 0 bridgehead atoms. The van der Waals surface area contributed by atoms with E-state index in [1.54, 1.807) is 24.3 Å². The SMILES string of the molecule is CCCCCCCCCCCCCCCCCCc1ccc(NC(=O)Nc2ccc(O)cc2)cc1CCCCCCCCCCCCCCCCCC. The van der Waals surface area contributed by atoms with Gasteiger partial charge >= 0.3 is 6.03 Å². The summed E-state index contributed by atoms with van der Waals surface area (Å²) in [7, 11) is 0. The Balaban J connectivity index is 1.64. The van der Waals surface area contributed by atoms with Crippen molar-refractivity contribution in [2.45, 2.75) is 232 Å². The summed E-state index contributed by atoms with van der Waals surface area (Å²) in [4.78, 5) is 12.7. The van der Waals surface area contributed by atoms with Crippen molar-refractivity contribution in [1.29, 1.82) is 0 Å². The molecule has 0 heterocycles. The first-order valence-electron chi connectivity index (χ1n) is 23.1. The van der Waals surface area contributed by atoms with Crippen molar-refractivity contribution in [2.24, 2.45) is 0 Å². The van der Waals surface area contributed by atoms with E-state index in [0.29, 0.717) is 5.69 Å². The molecule has 0 atom stereocenters. The highest BCUT2D eigenvalue weighted by atomic mass is 16.3. The molecular weight excluding hydrogens is 649 g/mol. The van der Waals surface area contributed by atoms with Gasteiger partial charge in [0.15, 0.2) is 0 Å². The summed E-state index contributed by atoms with van der Waals surface area (Å²) in [5, 5.41) is 15.5. The molecule has 53 heavy (non-hydrogen) atoms. The maximum absolute atomic E-state index is 12.7. The zero-order valence-electron chi connectivity index (χ0n) is 34.9. The molecule has 4 nitrogen and oxygen atoms in total. The fourth-order valence-corrected chi connectivity index (χ4v) is 7.75. The van der Waals surface area contributed by atoms with Crippen molar-refractivity contribution < 1.29 is 9.90 Å². The number of aryl methyl sites for hydroxylation is 2. The van der Waals surface area contributed by atoms with Crippen molar-refractivity contribution in [3.05, 3.63) is 53.6 Å². The van der Waals surface area contributed by atoms with Gasteiger partial charge in [-0.25, -0.2) is 4.79 Å². The number of carbonyl (C=O) groups is 1. The number of carbonyl (C=O) groups excluding carboxylic acids is 1. The molecule has 0 radical (unpaired) electrons. The first-order valence-corrected chi connectivity index (χ1v) is 23.1. The monoisotopic (exact) mass is 733 g/mol. The number of urea groups is 1. The van der Waals surface area contributed by atoms with Gasteiger partial charge in [-0.05, 0) is 73.2 Å². The summed E-state index contributed by atoms with van der Waals surface area (Å²) >= 11 is 0. The highest BCUT2D eigenvalue weighted by molar-refractivity contribution is 5.99. The van der Waals surface area contributed by atoms with Gasteiger partial charge < -0.3 is 15.7 Å². The van der Waals surface area contributed by atoms with Crippen LogP contribution in [0, 0.1) is 0 Å². The third-order valence-electron chi connectivity index (χ3n) is 11.2. The number of aromatic hydroxyl groups is 1. The molecule has 0 saturated heterocycles. The number of nitrogens with one attached hydrogen (secondary N) is 2. The first kappa shape index (κ1) is 46.7. The molecule has 0 aliphatic heterocycles. The molecule has 2 aromatic carbocycles. The van der Waals surface area contributed by atoms with Crippen LogP contribution in [0.3, 0.4) is 0 Å². The number of benzene rings is 2. The second-order valence-corrected chi connectivity index (χ2v) is 16.2. The Kier molecular flexibility index (Phi) is 30.0. The van der Waals surface area contributed by atoms with Crippen molar-refractivity contribution in [2.75, 3.05) is 10.6 Å². The summed E-state index contributed by atoms with van der Waals surface area (Å²) in [6.07, 6.45) is 46.8. The van der Waals surface area contributed by atoms with Gasteiger partial charge in [-0.1, -0.05) is 213 Å². The maximum Gasteiger partial charge on any atom is 0.323 e. The summed E-state index contributed by atoms with van der Waals surface area (Å²) < 4.78 is 0. The molecule has 0 saturated carbocycles. The Hall–Kier alpha value is -2.49. The number of anilines is 2. The van der Waals surface area contributed by atoms with Gasteiger partial charge in [-0.2, -0.15) is 0 Å². The molecule has 2 rings (SSSR count). The molecule has 3 N–H and O–H groups in total. The lowest BCUT2D eigenvalue weighted by atomic mass is 9.95. The minimum Gasteiger partial charge on any atom is -0.508 e. The van der Waals surface area contributed by atoms with Gasteiger partial charge in [0.05, 0.1) is 0 Å². The predicted octanol–water partition coefficient (Wildman–Crippen LogP) is 16.6. The van der Waals surface area contributed by atoms with Crippen LogP contribution >= 0.6 is 0 Å². The maximum atomic E-state index is 12.7. The van der Waals surface area contributed by atoms with Crippen LogP contribution in [0.25, 0.3) is 0 Å². The molecule has 2 aromatic rings. The summed E-state index contributed by atoms with van der Waals surface area (Å²) in [6.45, 7) is 4.59. The second kappa shape index (κ2) is 34.0. The van der Waals surface area contributed by atoms with Crippen molar-refractivity contribution in [3.63, 3.8) is 0 Å². The lowest BCUT2D eigenvalue weighted by Crippen LogP contribution is -2.19. The Morgan fingerprint density at radius 3 is 1.08 bits per heavy atom. The Morgan fingerprint density at radius 2 is 0.698 bits per heavy atom. The molecule has 0 aromatic heterocycles. The van der Waals surface area contributed by atoms with E-state index in [-0.39, 0.29) is 11.8 Å². The van der Waals surface area contributed by atoms with Crippen LogP contribution in [0.15, 0.2) is 42.5 Å². The Morgan fingerprint density at radius 1 is 0.396 bits per heavy atom.